The summed E-state index contributed by atoms with van der Waals surface area (Å²) < 4.78 is 50.0. The van der Waals surface area contributed by atoms with Crippen LogP contribution in [0.25, 0.3) is 10.6 Å². The van der Waals surface area contributed by atoms with Crippen molar-refractivity contribution in [3.8, 4) is 16.6 Å². The van der Waals surface area contributed by atoms with Crippen molar-refractivity contribution in [3.63, 3.8) is 0 Å². The average Bonchev–Trinajstić information content (AvgIpc) is 3.59. The van der Waals surface area contributed by atoms with Gasteiger partial charge in [0.1, 0.15) is 22.6 Å². The lowest BCUT2D eigenvalue weighted by atomic mass is 10.1. The number of nitrogens with zero attached hydrogens (tertiary/aromatic N) is 5. The van der Waals surface area contributed by atoms with Crippen molar-refractivity contribution >= 4 is 40.8 Å². The molecule has 2 aliphatic rings. The normalized spacial score (nSPS) is 17.8. The summed E-state index contributed by atoms with van der Waals surface area (Å²) in [5, 5.41) is 11.7. The van der Waals surface area contributed by atoms with E-state index in [9.17, 15) is 22.9 Å². The van der Waals surface area contributed by atoms with E-state index in [1.807, 2.05) is 6.92 Å². The molecule has 4 aromatic rings. The van der Waals surface area contributed by atoms with Crippen LogP contribution in [0.5, 0.6) is 6.01 Å². The lowest BCUT2D eigenvalue weighted by molar-refractivity contribution is -0.389. The highest BCUT2D eigenvalue weighted by Gasteiger charge is 2.42. The zero-order valence-electron chi connectivity index (χ0n) is 20.5. The summed E-state index contributed by atoms with van der Waals surface area (Å²) in [5.41, 5.74) is 1.47. The van der Waals surface area contributed by atoms with E-state index < -0.39 is 20.6 Å². The summed E-state index contributed by atoms with van der Waals surface area (Å²) in [4.78, 5) is 22.3. The maximum absolute atomic E-state index is 13.1. The van der Waals surface area contributed by atoms with Gasteiger partial charge in [-0.1, -0.05) is 18.2 Å². The van der Waals surface area contributed by atoms with Crippen LogP contribution >= 0.6 is 24.8 Å². The van der Waals surface area contributed by atoms with Crippen LogP contribution in [0.3, 0.4) is 0 Å². The summed E-state index contributed by atoms with van der Waals surface area (Å²) in [6, 6.07) is 14.1. The standard InChI is InChI=1S/C18H16FN5O3S.C6H6O3S.H2S/c1-18(10-23-8-15(24(25)26)21-17(23)27-18)9-22-6-13-14(7-22)28-16(20-13)11-2-4-12(19)5-3-11;7-10(8,9)6-4-2-1-3-5-6;/h2-5,8H,6-7,9-10H2,1H3;1-5H,(H,7,8,9);1H2/t18-;;/m0../s1. The second-order valence-corrected chi connectivity index (χ2v) is 11.7. The molecule has 4 heterocycles. The molecule has 2 aliphatic heterocycles. The van der Waals surface area contributed by atoms with Gasteiger partial charge >= 0.3 is 11.8 Å². The number of halogens is 1. The van der Waals surface area contributed by atoms with Gasteiger partial charge in [-0.2, -0.15) is 21.9 Å². The fourth-order valence-electron chi connectivity index (χ4n) is 4.36. The minimum atomic E-state index is -4.00. The van der Waals surface area contributed by atoms with Crippen LogP contribution in [0.1, 0.15) is 17.5 Å². The first-order chi connectivity index (χ1) is 18.0. The smallest absolute Gasteiger partial charge is 0.415 e. The number of benzene rings is 2. The highest BCUT2D eigenvalue weighted by molar-refractivity contribution is 7.85. The van der Waals surface area contributed by atoms with Crippen molar-refractivity contribution in [1.29, 1.82) is 0 Å². The molecular weight excluding hydrogens is 569 g/mol. The van der Waals surface area contributed by atoms with E-state index in [4.69, 9.17) is 14.3 Å². The molecule has 39 heavy (non-hydrogen) atoms. The molecule has 0 bridgehead atoms. The van der Waals surface area contributed by atoms with Gasteiger partial charge in [-0.25, -0.2) is 9.37 Å². The largest absolute Gasteiger partial charge is 0.436 e. The van der Waals surface area contributed by atoms with Gasteiger partial charge in [0.2, 0.25) is 0 Å². The Morgan fingerprint density at radius 1 is 1.15 bits per heavy atom. The van der Waals surface area contributed by atoms with Crippen LogP contribution in [0.15, 0.2) is 65.7 Å². The molecule has 6 rings (SSSR count). The van der Waals surface area contributed by atoms with E-state index in [2.05, 4.69) is 9.88 Å². The summed E-state index contributed by atoms with van der Waals surface area (Å²) in [5.74, 6) is -0.452. The molecule has 0 spiro atoms. The average molecular weight is 594 g/mol. The van der Waals surface area contributed by atoms with Crippen molar-refractivity contribution in [3.05, 3.63) is 87.3 Å². The van der Waals surface area contributed by atoms with Gasteiger partial charge in [0.15, 0.2) is 0 Å². The number of hydrogen-bond acceptors (Lipinski definition) is 9. The molecule has 0 fully saturated rings. The maximum Gasteiger partial charge on any atom is 0.415 e. The molecule has 0 radical (unpaired) electrons. The molecular formula is C24H24FN5O6S3. The van der Waals surface area contributed by atoms with Gasteiger partial charge in [-0.15, -0.1) is 11.3 Å². The van der Waals surface area contributed by atoms with E-state index >= 15 is 0 Å². The summed E-state index contributed by atoms with van der Waals surface area (Å²) in [6.07, 6.45) is 1.41. The Bertz CT molecular complexity index is 1550. The Balaban J connectivity index is 0.000000273. The first-order valence-corrected chi connectivity index (χ1v) is 13.6. The third-order valence-corrected chi connectivity index (χ3v) is 7.97. The molecule has 0 saturated carbocycles. The fourth-order valence-corrected chi connectivity index (χ4v) is 5.98. The quantitative estimate of drug-likeness (QED) is 0.204. The molecule has 0 aliphatic carbocycles. The van der Waals surface area contributed by atoms with E-state index in [1.165, 1.54) is 35.3 Å². The molecule has 0 saturated heterocycles. The first kappa shape index (κ1) is 28.6. The monoisotopic (exact) mass is 593 g/mol. The van der Waals surface area contributed by atoms with Crippen molar-refractivity contribution < 1.29 is 27.0 Å². The van der Waals surface area contributed by atoms with Crippen LogP contribution in [0.4, 0.5) is 10.2 Å². The maximum atomic E-state index is 13.1. The number of ether oxygens (including phenoxy) is 1. The number of imidazole rings is 1. The Kier molecular flexibility index (Phi) is 8.09. The van der Waals surface area contributed by atoms with Crippen molar-refractivity contribution in [2.45, 2.75) is 37.1 Å². The van der Waals surface area contributed by atoms with Gasteiger partial charge < -0.3 is 14.9 Å². The SMILES string of the molecule is C[C@]1(CN2Cc3nc(-c4ccc(F)cc4)sc3C2)Cn2cc([N+](=O)[O-])nc2O1.O=S(=O)(O)c1ccccc1.S. The fraction of sp³-hybridized carbons (Fsp3) is 0.250. The van der Waals surface area contributed by atoms with Crippen molar-refractivity contribution in [1.82, 2.24) is 19.4 Å². The second-order valence-electron chi connectivity index (χ2n) is 9.15. The van der Waals surface area contributed by atoms with Gasteiger partial charge in [-0.3, -0.25) is 14.0 Å². The zero-order valence-corrected chi connectivity index (χ0v) is 23.2. The van der Waals surface area contributed by atoms with Gasteiger partial charge in [0.25, 0.3) is 10.1 Å². The topological polar surface area (TPSA) is 141 Å². The highest BCUT2D eigenvalue weighted by Crippen LogP contribution is 2.37. The first-order valence-electron chi connectivity index (χ1n) is 11.4. The molecule has 2 aromatic heterocycles. The van der Waals surface area contributed by atoms with Crippen LogP contribution in [-0.4, -0.2) is 49.5 Å². The third kappa shape index (κ3) is 6.45. The van der Waals surface area contributed by atoms with Crippen LogP contribution in [-0.2, 0) is 29.8 Å². The molecule has 2 aromatic carbocycles. The highest BCUT2D eigenvalue weighted by atomic mass is 32.2. The minimum absolute atomic E-state index is 0. The predicted molar refractivity (Wildman–Crippen MR) is 146 cm³/mol. The molecule has 1 atom stereocenters. The summed E-state index contributed by atoms with van der Waals surface area (Å²) in [7, 11) is -4.00. The molecule has 0 unspecified atom stereocenters. The molecule has 15 heteroatoms. The summed E-state index contributed by atoms with van der Waals surface area (Å²) in [6.45, 7) is 4.65. The van der Waals surface area contributed by atoms with E-state index in [0.29, 0.717) is 25.6 Å². The zero-order chi connectivity index (χ0) is 27.1. The van der Waals surface area contributed by atoms with E-state index in [0.717, 1.165) is 22.8 Å². The number of nitro groups is 1. The number of thiazole rings is 1. The number of rotatable bonds is 5. The number of fused-ring (bicyclic) bond motifs is 2. The van der Waals surface area contributed by atoms with Gasteiger partial charge in [-0.05, 0) is 48.2 Å². The third-order valence-electron chi connectivity index (χ3n) is 5.97. The second kappa shape index (κ2) is 11.0. The van der Waals surface area contributed by atoms with Gasteiger partial charge in [0.05, 0.1) is 17.1 Å². The van der Waals surface area contributed by atoms with Crippen molar-refractivity contribution in [2.75, 3.05) is 6.54 Å². The Labute approximate surface area is 234 Å². The lowest BCUT2D eigenvalue weighted by Gasteiger charge is -2.27. The molecule has 11 nitrogen and oxygen atoms in total. The number of hydrogen-bond donors (Lipinski definition) is 1. The lowest BCUT2D eigenvalue weighted by Crippen LogP contribution is -2.43. The Hall–Kier alpha value is -3.37. The number of aromatic nitrogens is 3. The molecule has 206 valence electrons. The van der Waals surface area contributed by atoms with E-state index in [-0.39, 0.29) is 30.0 Å². The van der Waals surface area contributed by atoms with Crippen molar-refractivity contribution in [2.24, 2.45) is 0 Å². The van der Waals surface area contributed by atoms with Crippen LogP contribution < -0.4 is 4.74 Å². The van der Waals surface area contributed by atoms with E-state index in [1.54, 1.807) is 46.2 Å². The molecule has 1 N–H and O–H groups in total. The van der Waals surface area contributed by atoms with Gasteiger partial charge in [0, 0.05) is 35.1 Å². The van der Waals surface area contributed by atoms with Crippen LogP contribution in [0, 0.1) is 15.9 Å². The van der Waals surface area contributed by atoms with Crippen LogP contribution in [0.2, 0.25) is 0 Å². The summed E-state index contributed by atoms with van der Waals surface area (Å²) >= 11 is 1.63. The Morgan fingerprint density at radius 3 is 2.41 bits per heavy atom. The molecule has 0 amide bonds. The predicted octanol–water partition coefficient (Wildman–Crippen LogP) is 4.27. The Morgan fingerprint density at radius 2 is 1.85 bits per heavy atom. The minimum Gasteiger partial charge on any atom is -0.436 e.